The topological polar surface area (TPSA) is 88.4 Å². The van der Waals surface area contributed by atoms with Crippen LogP contribution in [-0.4, -0.2) is 21.6 Å². The number of aromatic nitrogens is 1. The Labute approximate surface area is 126 Å². The number of anilines is 1. The van der Waals surface area contributed by atoms with Crippen LogP contribution in [0.5, 0.6) is 0 Å². The number of hydrogen-bond acceptors (Lipinski definition) is 3. The molecule has 0 aliphatic carbocycles. The van der Waals surface area contributed by atoms with E-state index in [1.807, 2.05) is 17.6 Å². The number of rotatable bonds is 2. The van der Waals surface area contributed by atoms with Gasteiger partial charge >= 0.3 is 5.97 Å². The number of nitrogens with zero attached hydrogens (tertiary/aromatic N) is 1. The van der Waals surface area contributed by atoms with Gasteiger partial charge in [0.05, 0.1) is 5.52 Å². The summed E-state index contributed by atoms with van der Waals surface area (Å²) in [6.45, 7) is 3.39. The lowest BCUT2D eigenvalue weighted by Crippen LogP contribution is -2.24. The average molecular weight is 300 g/mol. The van der Waals surface area contributed by atoms with Crippen molar-refractivity contribution in [2.24, 2.45) is 0 Å². The molecule has 6 nitrogen and oxygen atoms in total. The van der Waals surface area contributed by atoms with Crippen molar-refractivity contribution in [1.29, 1.82) is 0 Å². The molecule has 0 bridgehead atoms. The van der Waals surface area contributed by atoms with Gasteiger partial charge in [0.1, 0.15) is 5.56 Å². The van der Waals surface area contributed by atoms with Crippen LogP contribution >= 0.6 is 0 Å². The molecule has 2 aromatic rings. The van der Waals surface area contributed by atoms with Crippen LogP contribution in [0.2, 0.25) is 0 Å². The van der Waals surface area contributed by atoms with Gasteiger partial charge in [-0.15, -0.1) is 0 Å². The number of aromatic carboxylic acids is 1. The number of amides is 1. The zero-order valence-corrected chi connectivity index (χ0v) is 12.3. The summed E-state index contributed by atoms with van der Waals surface area (Å²) >= 11 is 0. The molecule has 0 fully saturated rings. The van der Waals surface area contributed by atoms with Crippen molar-refractivity contribution in [1.82, 2.24) is 4.57 Å². The Kier molecular flexibility index (Phi) is 3.24. The van der Waals surface area contributed by atoms with Gasteiger partial charge in [-0.3, -0.25) is 9.59 Å². The first-order valence-electron chi connectivity index (χ1n) is 7.11. The zero-order valence-electron chi connectivity index (χ0n) is 12.3. The van der Waals surface area contributed by atoms with Crippen molar-refractivity contribution >= 4 is 28.5 Å². The number of pyridine rings is 1. The lowest BCUT2D eigenvalue weighted by molar-refractivity contribution is -0.114. The molecule has 1 amide bonds. The van der Waals surface area contributed by atoms with Gasteiger partial charge in [-0.25, -0.2) is 4.79 Å². The van der Waals surface area contributed by atoms with E-state index < -0.39 is 11.4 Å². The first-order chi connectivity index (χ1) is 10.4. The Morgan fingerprint density at radius 3 is 2.73 bits per heavy atom. The molecule has 22 heavy (non-hydrogen) atoms. The van der Waals surface area contributed by atoms with E-state index in [1.165, 1.54) is 13.1 Å². The molecular weight excluding hydrogens is 284 g/mol. The van der Waals surface area contributed by atoms with Gasteiger partial charge in [0, 0.05) is 30.2 Å². The van der Waals surface area contributed by atoms with Crippen molar-refractivity contribution < 1.29 is 14.7 Å². The molecule has 2 heterocycles. The molecule has 1 aromatic heterocycles. The highest BCUT2D eigenvalue weighted by atomic mass is 16.4. The van der Waals surface area contributed by atoms with Crippen LogP contribution < -0.4 is 10.7 Å². The van der Waals surface area contributed by atoms with E-state index in [0.717, 1.165) is 23.9 Å². The molecule has 0 spiro atoms. The molecule has 1 unspecified atom stereocenters. The molecule has 0 saturated heterocycles. The maximum atomic E-state index is 12.5. The van der Waals surface area contributed by atoms with E-state index in [2.05, 4.69) is 5.32 Å². The third-order valence-corrected chi connectivity index (χ3v) is 4.06. The first kappa shape index (κ1) is 14.3. The molecule has 1 aromatic carbocycles. The van der Waals surface area contributed by atoms with Crippen LogP contribution in [0.4, 0.5) is 5.69 Å². The summed E-state index contributed by atoms with van der Waals surface area (Å²) < 4.78 is 1.86. The Bertz CT molecular complexity index is 867. The van der Waals surface area contributed by atoms with Gasteiger partial charge in [-0.2, -0.15) is 0 Å². The highest BCUT2D eigenvalue weighted by Gasteiger charge is 2.23. The van der Waals surface area contributed by atoms with Gasteiger partial charge < -0.3 is 15.0 Å². The number of benzene rings is 1. The van der Waals surface area contributed by atoms with Gasteiger partial charge in [0.2, 0.25) is 11.3 Å². The monoisotopic (exact) mass is 300 g/mol. The van der Waals surface area contributed by atoms with E-state index in [4.69, 9.17) is 0 Å². The van der Waals surface area contributed by atoms with E-state index in [9.17, 15) is 19.5 Å². The Hall–Kier alpha value is -2.63. The molecule has 2 N–H and O–H groups in total. The number of carbonyl (C=O) groups excluding carboxylic acids is 1. The largest absolute Gasteiger partial charge is 0.477 e. The van der Waals surface area contributed by atoms with E-state index in [0.29, 0.717) is 11.1 Å². The maximum Gasteiger partial charge on any atom is 0.341 e. The Balaban J connectivity index is 2.40. The third kappa shape index (κ3) is 2.16. The third-order valence-electron chi connectivity index (χ3n) is 4.06. The number of carboxylic acid groups (broad SMARTS) is 1. The predicted molar refractivity (Wildman–Crippen MR) is 82.5 cm³/mol. The molecule has 1 aliphatic heterocycles. The number of nitrogens with one attached hydrogen (secondary N) is 1. The van der Waals surface area contributed by atoms with Crippen LogP contribution in [0.15, 0.2) is 23.1 Å². The molecule has 1 atom stereocenters. The van der Waals surface area contributed by atoms with Crippen molar-refractivity contribution in [3.63, 3.8) is 0 Å². The lowest BCUT2D eigenvalue weighted by atomic mass is 9.95. The minimum Gasteiger partial charge on any atom is -0.477 e. The maximum absolute atomic E-state index is 12.5. The number of hydrogen-bond donors (Lipinski definition) is 2. The van der Waals surface area contributed by atoms with Crippen molar-refractivity contribution in [3.05, 3.63) is 39.7 Å². The van der Waals surface area contributed by atoms with Crippen molar-refractivity contribution in [3.8, 4) is 0 Å². The van der Waals surface area contributed by atoms with Crippen LogP contribution in [-0.2, 0) is 11.2 Å². The number of carbonyl (C=O) groups is 2. The number of aryl methyl sites for hydroxylation is 1. The molecule has 0 saturated carbocycles. The van der Waals surface area contributed by atoms with E-state index >= 15 is 0 Å². The molecular formula is C16H16N2O4. The van der Waals surface area contributed by atoms with Crippen LogP contribution in [0.25, 0.3) is 10.9 Å². The normalized spacial score (nSPS) is 16.5. The standard InChI is InChI=1S/C16H16N2O4/c1-8-3-4-10-5-11(17-9(2)19)6-12-14(10)18(8)7-13(15(12)20)16(21)22/h5-8H,3-4H2,1-2H3,(H,17,19)(H,21,22). The summed E-state index contributed by atoms with van der Waals surface area (Å²) in [6.07, 6.45) is 3.07. The Morgan fingerprint density at radius 2 is 2.09 bits per heavy atom. The summed E-state index contributed by atoms with van der Waals surface area (Å²) in [6, 6.07) is 3.54. The fraction of sp³-hybridized carbons (Fsp3) is 0.312. The quantitative estimate of drug-likeness (QED) is 0.889. The van der Waals surface area contributed by atoms with Crippen LogP contribution in [0.1, 0.15) is 42.2 Å². The summed E-state index contributed by atoms with van der Waals surface area (Å²) in [5, 5.41) is 12.3. The average Bonchev–Trinajstić information content (AvgIpc) is 2.43. The zero-order chi connectivity index (χ0) is 16.0. The van der Waals surface area contributed by atoms with Gasteiger partial charge in [-0.1, -0.05) is 0 Å². The predicted octanol–water partition coefficient (Wildman–Crippen LogP) is 2.17. The molecule has 0 radical (unpaired) electrons. The second-order valence-electron chi connectivity index (χ2n) is 5.68. The fourth-order valence-electron chi connectivity index (χ4n) is 3.05. The molecule has 6 heteroatoms. The molecule has 3 rings (SSSR count). The van der Waals surface area contributed by atoms with Gasteiger partial charge in [0.25, 0.3) is 0 Å². The summed E-state index contributed by atoms with van der Waals surface area (Å²) in [5.41, 5.74) is 1.49. The Morgan fingerprint density at radius 1 is 1.36 bits per heavy atom. The second kappa shape index (κ2) is 4.98. The van der Waals surface area contributed by atoms with Gasteiger partial charge in [0.15, 0.2) is 0 Å². The van der Waals surface area contributed by atoms with Crippen molar-refractivity contribution in [2.45, 2.75) is 32.7 Å². The SMILES string of the molecule is CC(=O)Nc1cc2c3c(c1)c(=O)c(C(=O)O)cn3C(C)CC2. The highest BCUT2D eigenvalue weighted by molar-refractivity contribution is 5.97. The summed E-state index contributed by atoms with van der Waals surface area (Å²) in [5.74, 6) is -1.47. The lowest BCUT2D eigenvalue weighted by Gasteiger charge is -2.27. The van der Waals surface area contributed by atoms with Crippen molar-refractivity contribution in [2.75, 3.05) is 5.32 Å². The smallest absolute Gasteiger partial charge is 0.341 e. The molecule has 114 valence electrons. The van der Waals surface area contributed by atoms with E-state index in [-0.39, 0.29) is 17.5 Å². The van der Waals surface area contributed by atoms with Crippen LogP contribution in [0, 0.1) is 0 Å². The highest BCUT2D eigenvalue weighted by Crippen LogP contribution is 2.32. The summed E-state index contributed by atoms with van der Waals surface area (Å²) in [7, 11) is 0. The number of carboxylic acids is 1. The van der Waals surface area contributed by atoms with Crippen LogP contribution in [0.3, 0.4) is 0 Å². The first-order valence-corrected chi connectivity index (χ1v) is 7.11. The molecule has 1 aliphatic rings. The van der Waals surface area contributed by atoms with Gasteiger partial charge in [-0.05, 0) is 37.5 Å². The minimum atomic E-state index is -1.24. The minimum absolute atomic E-state index is 0.125. The van der Waals surface area contributed by atoms with E-state index in [1.54, 1.807) is 6.07 Å². The summed E-state index contributed by atoms with van der Waals surface area (Å²) in [4.78, 5) is 35.0. The second-order valence-corrected chi connectivity index (χ2v) is 5.68. The fourth-order valence-corrected chi connectivity index (χ4v) is 3.05.